The molecule has 0 spiro atoms. The van der Waals surface area contributed by atoms with Crippen molar-refractivity contribution < 1.29 is 0 Å². The molecular weight excluding hydrogens is 236 g/mol. The predicted molar refractivity (Wildman–Crippen MR) is 78.3 cm³/mol. The first-order valence-electron chi connectivity index (χ1n) is 6.65. The molecule has 2 rings (SSSR count). The predicted octanol–water partition coefficient (Wildman–Crippen LogP) is 3.40. The molecule has 0 radical (unpaired) electrons. The fourth-order valence-corrected chi connectivity index (χ4v) is 1.85. The summed E-state index contributed by atoms with van der Waals surface area (Å²) in [6.45, 7) is 9.23. The minimum absolute atomic E-state index is 0.371. The molecule has 0 aromatic carbocycles. The molecule has 0 amide bonds. The smallest absolute Gasteiger partial charge is 0.163 e. The van der Waals surface area contributed by atoms with Crippen LogP contribution in [0, 0.1) is 6.92 Å². The third-order valence-electron chi connectivity index (χ3n) is 2.98. The van der Waals surface area contributed by atoms with Gasteiger partial charge in [0, 0.05) is 36.3 Å². The van der Waals surface area contributed by atoms with Crippen LogP contribution in [-0.2, 0) is 0 Å². The summed E-state index contributed by atoms with van der Waals surface area (Å²) in [6.07, 6.45) is 3.61. The first-order valence-corrected chi connectivity index (χ1v) is 6.65. The van der Waals surface area contributed by atoms with Gasteiger partial charge in [-0.05, 0) is 31.4 Å². The van der Waals surface area contributed by atoms with E-state index in [0.717, 1.165) is 35.0 Å². The molecule has 2 heterocycles. The summed E-state index contributed by atoms with van der Waals surface area (Å²) in [5, 5.41) is 3.26. The summed E-state index contributed by atoms with van der Waals surface area (Å²) in [5.74, 6) is 1.99. The molecule has 0 saturated carbocycles. The van der Waals surface area contributed by atoms with Crippen molar-refractivity contribution in [2.75, 3.05) is 11.9 Å². The Bertz CT molecular complexity index is 564. The van der Waals surface area contributed by atoms with Crippen molar-refractivity contribution in [3.63, 3.8) is 0 Å². The molecule has 0 aliphatic carbocycles. The van der Waals surface area contributed by atoms with Gasteiger partial charge in [-0.1, -0.05) is 13.8 Å². The number of aryl methyl sites for hydroxylation is 1. The highest BCUT2D eigenvalue weighted by Gasteiger charge is 2.11. The molecule has 4 heteroatoms. The van der Waals surface area contributed by atoms with Crippen molar-refractivity contribution in [2.45, 2.75) is 33.6 Å². The molecule has 1 N–H and O–H groups in total. The molecule has 0 atom stereocenters. The summed E-state index contributed by atoms with van der Waals surface area (Å²) < 4.78 is 0. The fourth-order valence-electron chi connectivity index (χ4n) is 1.85. The van der Waals surface area contributed by atoms with Gasteiger partial charge in [-0.3, -0.25) is 4.98 Å². The van der Waals surface area contributed by atoms with E-state index >= 15 is 0 Å². The van der Waals surface area contributed by atoms with E-state index in [0.29, 0.717) is 5.92 Å². The lowest BCUT2D eigenvalue weighted by atomic mass is 10.1. The maximum Gasteiger partial charge on any atom is 0.163 e. The number of nitrogens with zero attached hydrogens (tertiary/aromatic N) is 3. The van der Waals surface area contributed by atoms with Gasteiger partial charge in [-0.15, -0.1) is 0 Å². The van der Waals surface area contributed by atoms with Crippen LogP contribution in [0.5, 0.6) is 0 Å². The topological polar surface area (TPSA) is 50.7 Å². The Morgan fingerprint density at radius 2 is 2.05 bits per heavy atom. The molecule has 0 fully saturated rings. The Morgan fingerprint density at radius 1 is 1.26 bits per heavy atom. The molecule has 2 aromatic rings. The molecule has 0 aliphatic rings. The van der Waals surface area contributed by atoms with Crippen LogP contribution in [0.4, 0.5) is 5.82 Å². The highest BCUT2D eigenvalue weighted by atomic mass is 15.0. The largest absolute Gasteiger partial charge is 0.370 e. The van der Waals surface area contributed by atoms with Gasteiger partial charge >= 0.3 is 0 Å². The molecule has 0 unspecified atom stereocenters. The third kappa shape index (κ3) is 3.08. The number of aromatic nitrogens is 3. The van der Waals surface area contributed by atoms with Crippen LogP contribution in [0.15, 0.2) is 24.5 Å². The van der Waals surface area contributed by atoms with Gasteiger partial charge < -0.3 is 5.32 Å². The van der Waals surface area contributed by atoms with Crippen molar-refractivity contribution in [3.05, 3.63) is 35.8 Å². The van der Waals surface area contributed by atoms with Crippen LogP contribution in [0.25, 0.3) is 11.4 Å². The summed E-state index contributed by atoms with van der Waals surface area (Å²) in [4.78, 5) is 13.4. The van der Waals surface area contributed by atoms with Gasteiger partial charge in [0.1, 0.15) is 5.82 Å². The van der Waals surface area contributed by atoms with E-state index < -0.39 is 0 Å². The van der Waals surface area contributed by atoms with E-state index in [1.165, 1.54) is 0 Å². The number of nitrogens with one attached hydrogen (secondary N) is 1. The maximum absolute atomic E-state index is 4.66. The SMILES string of the molecule is CCNc1cc(C(C)C)nc(-c2cnccc2C)n1. The number of anilines is 1. The second kappa shape index (κ2) is 5.78. The van der Waals surface area contributed by atoms with E-state index in [1.54, 1.807) is 6.20 Å². The zero-order valence-corrected chi connectivity index (χ0v) is 11.9. The molecule has 0 aliphatic heterocycles. The molecule has 2 aromatic heterocycles. The fraction of sp³-hybridized carbons (Fsp3) is 0.400. The van der Waals surface area contributed by atoms with Crippen molar-refractivity contribution in [3.8, 4) is 11.4 Å². The van der Waals surface area contributed by atoms with Crippen molar-refractivity contribution in [1.82, 2.24) is 15.0 Å². The van der Waals surface area contributed by atoms with Gasteiger partial charge in [-0.25, -0.2) is 9.97 Å². The van der Waals surface area contributed by atoms with Gasteiger partial charge in [0.2, 0.25) is 0 Å². The minimum Gasteiger partial charge on any atom is -0.370 e. The highest BCUT2D eigenvalue weighted by Crippen LogP contribution is 2.23. The Hall–Kier alpha value is -1.97. The van der Waals surface area contributed by atoms with E-state index in [1.807, 2.05) is 18.3 Å². The minimum atomic E-state index is 0.371. The van der Waals surface area contributed by atoms with Crippen LogP contribution >= 0.6 is 0 Å². The van der Waals surface area contributed by atoms with Crippen LogP contribution < -0.4 is 5.32 Å². The Morgan fingerprint density at radius 3 is 2.68 bits per heavy atom. The van der Waals surface area contributed by atoms with Crippen LogP contribution in [-0.4, -0.2) is 21.5 Å². The maximum atomic E-state index is 4.66. The molecular formula is C15H20N4. The monoisotopic (exact) mass is 256 g/mol. The van der Waals surface area contributed by atoms with Gasteiger partial charge in [0.15, 0.2) is 5.82 Å². The van der Waals surface area contributed by atoms with Crippen LogP contribution in [0.1, 0.15) is 37.9 Å². The number of rotatable bonds is 4. The number of pyridine rings is 1. The van der Waals surface area contributed by atoms with E-state index in [2.05, 4.69) is 48.0 Å². The molecule has 19 heavy (non-hydrogen) atoms. The lowest BCUT2D eigenvalue weighted by Gasteiger charge is -2.12. The second-order valence-electron chi connectivity index (χ2n) is 4.88. The van der Waals surface area contributed by atoms with Crippen molar-refractivity contribution in [2.24, 2.45) is 0 Å². The summed E-state index contributed by atoms with van der Waals surface area (Å²) >= 11 is 0. The molecule has 0 bridgehead atoms. The standard InChI is InChI=1S/C15H20N4/c1-5-17-14-8-13(10(2)3)18-15(19-14)12-9-16-7-6-11(12)4/h6-10H,5H2,1-4H3,(H,17,18,19). The van der Waals surface area contributed by atoms with Gasteiger partial charge in [0.05, 0.1) is 0 Å². The van der Waals surface area contributed by atoms with Gasteiger partial charge in [0.25, 0.3) is 0 Å². The zero-order chi connectivity index (χ0) is 13.8. The first-order chi connectivity index (χ1) is 9.11. The number of hydrogen-bond donors (Lipinski definition) is 1. The first kappa shape index (κ1) is 13.5. The normalized spacial score (nSPS) is 10.8. The summed E-state index contributed by atoms with van der Waals surface area (Å²) in [7, 11) is 0. The highest BCUT2D eigenvalue weighted by molar-refractivity contribution is 5.60. The van der Waals surface area contributed by atoms with Gasteiger partial charge in [-0.2, -0.15) is 0 Å². The molecule has 100 valence electrons. The zero-order valence-electron chi connectivity index (χ0n) is 11.9. The van der Waals surface area contributed by atoms with Crippen LogP contribution in [0.2, 0.25) is 0 Å². The van der Waals surface area contributed by atoms with Crippen molar-refractivity contribution in [1.29, 1.82) is 0 Å². The molecule has 4 nitrogen and oxygen atoms in total. The van der Waals surface area contributed by atoms with Crippen LogP contribution in [0.3, 0.4) is 0 Å². The van der Waals surface area contributed by atoms with E-state index in [-0.39, 0.29) is 0 Å². The van der Waals surface area contributed by atoms with Crippen molar-refractivity contribution >= 4 is 5.82 Å². The average Bonchev–Trinajstić information content (AvgIpc) is 2.39. The second-order valence-corrected chi connectivity index (χ2v) is 4.88. The van der Waals surface area contributed by atoms with E-state index in [4.69, 9.17) is 0 Å². The third-order valence-corrected chi connectivity index (χ3v) is 2.98. The van der Waals surface area contributed by atoms with E-state index in [9.17, 15) is 0 Å². The molecule has 0 saturated heterocycles. The quantitative estimate of drug-likeness (QED) is 0.910. The summed E-state index contributed by atoms with van der Waals surface area (Å²) in [5.41, 5.74) is 3.17. The Balaban J connectivity index is 2.53. The Kier molecular flexibility index (Phi) is 4.10. The lowest BCUT2D eigenvalue weighted by Crippen LogP contribution is -2.05. The summed E-state index contributed by atoms with van der Waals surface area (Å²) in [6, 6.07) is 4.00. The lowest BCUT2D eigenvalue weighted by molar-refractivity contribution is 0.816. The number of hydrogen-bond acceptors (Lipinski definition) is 4. The average molecular weight is 256 g/mol. The Labute approximate surface area is 114 Å².